The Kier molecular flexibility index (Phi) is 5.12. The number of hydrogen-bond donors (Lipinski definition) is 2. The standard InChI is InChI=1S/C17H20N6O/c1-12(15-8-18-11-20-13(15)2)19-9-16-21-17(23-22-16)10-24-14-6-4-3-5-7-14/h3-8,11-12,19H,9-10H2,1-2H3,(H,21,22,23). The van der Waals surface area contributed by atoms with E-state index >= 15 is 0 Å². The summed E-state index contributed by atoms with van der Waals surface area (Å²) in [6, 6.07) is 9.75. The minimum absolute atomic E-state index is 0.119. The van der Waals surface area contributed by atoms with Gasteiger partial charge in [0.1, 0.15) is 18.7 Å². The molecule has 24 heavy (non-hydrogen) atoms. The highest BCUT2D eigenvalue weighted by atomic mass is 16.5. The van der Waals surface area contributed by atoms with Crippen LogP contribution in [-0.2, 0) is 13.2 Å². The summed E-state index contributed by atoms with van der Waals surface area (Å²) in [6.45, 7) is 4.95. The van der Waals surface area contributed by atoms with Crippen molar-refractivity contribution in [1.29, 1.82) is 0 Å². The molecule has 2 N–H and O–H groups in total. The summed E-state index contributed by atoms with van der Waals surface area (Å²) in [6.07, 6.45) is 3.39. The van der Waals surface area contributed by atoms with Gasteiger partial charge in [-0.25, -0.2) is 15.0 Å². The Morgan fingerprint density at radius 3 is 2.88 bits per heavy atom. The van der Waals surface area contributed by atoms with Crippen LogP contribution in [0.15, 0.2) is 42.9 Å². The average molecular weight is 324 g/mol. The van der Waals surface area contributed by atoms with Gasteiger partial charge in [0.05, 0.1) is 6.54 Å². The zero-order chi connectivity index (χ0) is 16.8. The molecule has 0 spiro atoms. The Morgan fingerprint density at radius 2 is 2.08 bits per heavy atom. The van der Waals surface area contributed by atoms with E-state index in [1.165, 1.54) is 0 Å². The molecule has 1 unspecified atom stereocenters. The van der Waals surface area contributed by atoms with Gasteiger partial charge in [-0.1, -0.05) is 18.2 Å². The summed E-state index contributed by atoms with van der Waals surface area (Å²) in [5, 5.41) is 10.5. The van der Waals surface area contributed by atoms with Crippen LogP contribution in [0.3, 0.4) is 0 Å². The fourth-order valence-electron chi connectivity index (χ4n) is 2.33. The van der Waals surface area contributed by atoms with Gasteiger partial charge < -0.3 is 10.1 Å². The van der Waals surface area contributed by atoms with Crippen LogP contribution in [0.2, 0.25) is 0 Å². The number of H-pyrrole nitrogens is 1. The lowest BCUT2D eigenvalue weighted by molar-refractivity contribution is 0.296. The average Bonchev–Trinajstić information content (AvgIpc) is 3.07. The van der Waals surface area contributed by atoms with Gasteiger partial charge in [0, 0.05) is 23.5 Å². The Hall–Kier alpha value is -2.80. The summed E-state index contributed by atoms with van der Waals surface area (Å²) in [5.74, 6) is 2.20. The van der Waals surface area contributed by atoms with E-state index in [1.54, 1.807) is 6.33 Å². The van der Waals surface area contributed by atoms with Crippen molar-refractivity contribution in [2.45, 2.75) is 33.0 Å². The molecule has 0 aliphatic carbocycles. The molecule has 1 atom stereocenters. The van der Waals surface area contributed by atoms with E-state index in [0.29, 0.717) is 24.8 Å². The number of nitrogens with zero attached hydrogens (tertiary/aromatic N) is 4. The highest BCUT2D eigenvalue weighted by Crippen LogP contribution is 2.14. The van der Waals surface area contributed by atoms with Crippen LogP contribution >= 0.6 is 0 Å². The second-order valence-electron chi connectivity index (χ2n) is 5.47. The lowest BCUT2D eigenvalue weighted by Gasteiger charge is -2.13. The van der Waals surface area contributed by atoms with Gasteiger partial charge in [0.15, 0.2) is 11.6 Å². The van der Waals surface area contributed by atoms with Crippen molar-refractivity contribution in [1.82, 2.24) is 30.5 Å². The molecule has 7 heteroatoms. The third-order valence-electron chi connectivity index (χ3n) is 3.68. The van der Waals surface area contributed by atoms with Crippen LogP contribution in [0.25, 0.3) is 0 Å². The molecule has 2 aromatic heterocycles. The third kappa shape index (κ3) is 4.14. The van der Waals surface area contributed by atoms with Crippen LogP contribution in [0.5, 0.6) is 5.75 Å². The molecule has 3 aromatic rings. The normalized spacial score (nSPS) is 12.1. The van der Waals surface area contributed by atoms with E-state index in [9.17, 15) is 0 Å². The highest BCUT2D eigenvalue weighted by Gasteiger charge is 2.11. The molecule has 1 aromatic carbocycles. The van der Waals surface area contributed by atoms with E-state index in [4.69, 9.17) is 4.74 Å². The van der Waals surface area contributed by atoms with E-state index < -0.39 is 0 Å². The number of rotatable bonds is 7. The number of aromatic nitrogens is 5. The van der Waals surface area contributed by atoms with E-state index in [0.717, 1.165) is 17.0 Å². The number of hydrogen-bond acceptors (Lipinski definition) is 6. The minimum Gasteiger partial charge on any atom is -0.486 e. The fraction of sp³-hybridized carbons (Fsp3) is 0.294. The molecule has 0 saturated heterocycles. The van der Waals surface area contributed by atoms with Gasteiger partial charge >= 0.3 is 0 Å². The lowest BCUT2D eigenvalue weighted by atomic mass is 10.1. The Balaban J connectivity index is 1.52. The Labute approximate surface area is 140 Å². The third-order valence-corrected chi connectivity index (χ3v) is 3.68. The maximum Gasteiger partial charge on any atom is 0.164 e. The molecular weight excluding hydrogens is 304 g/mol. The van der Waals surface area contributed by atoms with E-state index in [1.807, 2.05) is 43.5 Å². The number of para-hydroxylation sites is 1. The lowest BCUT2D eigenvalue weighted by Crippen LogP contribution is -2.20. The second kappa shape index (κ2) is 7.65. The van der Waals surface area contributed by atoms with Crippen LogP contribution in [0.1, 0.15) is 35.9 Å². The molecule has 0 aliphatic rings. The molecule has 0 amide bonds. The van der Waals surface area contributed by atoms with Gasteiger partial charge in [0.25, 0.3) is 0 Å². The Morgan fingerprint density at radius 1 is 1.25 bits per heavy atom. The molecule has 0 saturated carbocycles. The van der Waals surface area contributed by atoms with Gasteiger partial charge in [-0.05, 0) is 26.0 Å². The maximum atomic E-state index is 5.65. The van der Waals surface area contributed by atoms with E-state index in [-0.39, 0.29) is 6.04 Å². The first-order valence-corrected chi connectivity index (χ1v) is 7.80. The van der Waals surface area contributed by atoms with Crippen molar-refractivity contribution < 1.29 is 4.74 Å². The number of benzene rings is 1. The Bertz CT molecular complexity index is 774. The number of aromatic amines is 1. The first-order valence-electron chi connectivity index (χ1n) is 7.80. The van der Waals surface area contributed by atoms with Crippen LogP contribution < -0.4 is 10.1 Å². The molecule has 0 fully saturated rings. The van der Waals surface area contributed by atoms with Gasteiger partial charge in [-0.3, -0.25) is 5.10 Å². The molecule has 2 heterocycles. The summed E-state index contributed by atoms with van der Waals surface area (Å²) in [7, 11) is 0. The summed E-state index contributed by atoms with van der Waals surface area (Å²) >= 11 is 0. The quantitative estimate of drug-likeness (QED) is 0.693. The van der Waals surface area contributed by atoms with Crippen LogP contribution in [0, 0.1) is 6.92 Å². The molecule has 3 rings (SSSR count). The minimum atomic E-state index is 0.119. The summed E-state index contributed by atoms with van der Waals surface area (Å²) in [4.78, 5) is 12.7. The zero-order valence-electron chi connectivity index (χ0n) is 13.7. The molecule has 124 valence electrons. The van der Waals surface area contributed by atoms with Crippen molar-refractivity contribution >= 4 is 0 Å². The predicted molar refractivity (Wildman–Crippen MR) is 89.2 cm³/mol. The predicted octanol–water partition coefficient (Wildman–Crippen LogP) is 2.33. The van der Waals surface area contributed by atoms with Gasteiger partial charge in [-0.15, -0.1) is 0 Å². The molecule has 0 bridgehead atoms. The molecule has 7 nitrogen and oxygen atoms in total. The number of ether oxygens (including phenoxy) is 1. The van der Waals surface area contributed by atoms with Crippen LogP contribution in [-0.4, -0.2) is 25.1 Å². The van der Waals surface area contributed by atoms with E-state index in [2.05, 4.69) is 37.4 Å². The summed E-state index contributed by atoms with van der Waals surface area (Å²) < 4.78 is 5.65. The largest absolute Gasteiger partial charge is 0.486 e. The smallest absolute Gasteiger partial charge is 0.164 e. The summed E-state index contributed by atoms with van der Waals surface area (Å²) in [5.41, 5.74) is 2.04. The molecule has 0 aliphatic heterocycles. The topological polar surface area (TPSA) is 88.6 Å². The SMILES string of the molecule is Cc1ncncc1C(C)NCc1n[nH]c(COc2ccccc2)n1. The maximum absolute atomic E-state index is 5.65. The number of nitrogens with one attached hydrogen (secondary N) is 2. The van der Waals surface area contributed by atoms with Crippen molar-refractivity contribution in [2.75, 3.05) is 0 Å². The van der Waals surface area contributed by atoms with Gasteiger partial charge in [0.2, 0.25) is 0 Å². The molecular formula is C17H20N6O. The fourth-order valence-corrected chi connectivity index (χ4v) is 2.33. The zero-order valence-corrected chi connectivity index (χ0v) is 13.7. The first-order chi connectivity index (χ1) is 11.7. The van der Waals surface area contributed by atoms with Crippen LogP contribution in [0.4, 0.5) is 0 Å². The monoisotopic (exact) mass is 324 g/mol. The number of aryl methyl sites for hydroxylation is 1. The van der Waals surface area contributed by atoms with Gasteiger partial charge in [-0.2, -0.15) is 5.10 Å². The first kappa shape index (κ1) is 16.1. The van der Waals surface area contributed by atoms with Crippen molar-refractivity contribution in [3.05, 3.63) is 65.8 Å². The van der Waals surface area contributed by atoms with Crippen molar-refractivity contribution in [3.8, 4) is 5.75 Å². The highest BCUT2D eigenvalue weighted by molar-refractivity contribution is 5.21. The van der Waals surface area contributed by atoms with Crippen molar-refractivity contribution in [3.63, 3.8) is 0 Å². The second-order valence-corrected chi connectivity index (χ2v) is 5.47. The van der Waals surface area contributed by atoms with Crippen molar-refractivity contribution in [2.24, 2.45) is 0 Å². The molecule has 0 radical (unpaired) electrons.